The van der Waals surface area contributed by atoms with Crippen LogP contribution in [-0.2, 0) is 13.1 Å². The van der Waals surface area contributed by atoms with Gasteiger partial charge in [0.05, 0.1) is 13.2 Å². The first kappa shape index (κ1) is 17.3. The third-order valence-electron chi connectivity index (χ3n) is 3.93. The number of hydrogen-bond donors (Lipinski definition) is 2. The third-order valence-corrected chi connectivity index (χ3v) is 3.93. The van der Waals surface area contributed by atoms with E-state index in [0.29, 0.717) is 19.7 Å². The normalized spacial score (nSPS) is 10.8. The van der Waals surface area contributed by atoms with Gasteiger partial charge in [-0.2, -0.15) is 0 Å². The Morgan fingerprint density at radius 2 is 1.76 bits per heavy atom. The molecule has 1 heterocycles. The fraction of sp³-hybridized carbons (Fsp3) is 0.238. The van der Waals surface area contributed by atoms with Crippen molar-refractivity contribution in [2.24, 2.45) is 0 Å². The van der Waals surface area contributed by atoms with Gasteiger partial charge >= 0.3 is 0 Å². The zero-order valence-electron chi connectivity index (χ0n) is 14.4. The lowest BCUT2D eigenvalue weighted by molar-refractivity contribution is 0.200. The van der Waals surface area contributed by atoms with Crippen molar-refractivity contribution in [2.45, 2.75) is 20.0 Å². The molecule has 0 radical (unpaired) electrons. The molecule has 0 amide bonds. The quantitative estimate of drug-likeness (QED) is 0.654. The fourth-order valence-electron chi connectivity index (χ4n) is 2.61. The van der Waals surface area contributed by atoms with Crippen LogP contribution in [0.2, 0.25) is 0 Å². The van der Waals surface area contributed by atoms with Gasteiger partial charge in [0, 0.05) is 17.7 Å². The molecule has 0 spiro atoms. The molecular weight excluding hydrogens is 314 g/mol. The van der Waals surface area contributed by atoms with Crippen LogP contribution >= 0.6 is 0 Å². The number of benzene rings is 2. The number of ether oxygens (including phenoxy) is 1. The topological polar surface area (TPSA) is 54.6 Å². The summed E-state index contributed by atoms with van der Waals surface area (Å²) in [6.07, 6.45) is 0. The summed E-state index contributed by atoms with van der Waals surface area (Å²) in [4.78, 5) is 0. The number of para-hydroxylation sites is 1. The first-order valence-electron chi connectivity index (χ1n) is 8.44. The highest BCUT2D eigenvalue weighted by molar-refractivity contribution is 5.57. The van der Waals surface area contributed by atoms with E-state index < -0.39 is 0 Å². The summed E-state index contributed by atoms with van der Waals surface area (Å²) in [6.45, 7) is 3.69. The van der Waals surface area contributed by atoms with Crippen molar-refractivity contribution in [1.82, 2.24) is 5.32 Å². The number of nitrogens with one attached hydrogen (secondary N) is 1. The van der Waals surface area contributed by atoms with Gasteiger partial charge in [0.25, 0.3) is 0 Å². The standard InChI is InChI=1S/C21H23NO3/c1-16-6-8-17(9-7-16)21-11-10-19(25-21)15-22-14-18-4-2-3-5-20(18)24-13-12-23/h2-11,22-23H,12-15H2,1H3. The first-order valence-corrected chi connectivity index (χ1v) is 8.44. The summed E-state index contributed by atoms with van der Waals surface area (Å²) < 4.78 is 11.5. The zero-order chi connectivity index (χ0) is 17.5. The Balaban J connectivity index is 1.57. The van der Waals surface area contributed by atoms with Crippen LogP contribution in [0.1, 0.15) is 16.9 Å². The van der Waals surface area contributed by atoms with Gasteiger partial charge in [-0.15, -0.1) is 0 Å². The maximum Gasteiger partial charge on any atom is 0.134 e. The Hall–Kier alpha value is -2.56. The molecule has 25 heavy (non-hydrogen) atoms. The smallest absolute Gasteiger partial charge is 0.134 e. The molecule has 3 aromatic rings. The predicted octanol–water partition coefficient (Wildman–Crippen LogP) is 3.92. The van der Waals surface area contributed by atoms with Gasteiger partial charge in [0.15, 0.2) is 0 Å². The molecule has 130 valence electrons. The maximum atomic E-state index is 8.90. The van der Waals surface area contributed by atoms with Crippen molar-refractivity contribution in [3.05, 3.63) is 77.6 Å². The predicted molar refractivity (Wildman–Crippen MR) is 98.4 cm³/mol. The Kier molecular flexibility index (Phi) is 5.88. The Morgan fingerprint density at radius 1 is 0.960 bits per heavy atom. The van der Waals surface area contributed by atoms with Crippen molar-refractivity contribution < 1.29 is 14.3 Å². The lowest BCUT2D eigenvalue weighted by atomic mass is 10.1. The minimum atomic E-state index is 0.00987. The number of furan rings is 1. The Bertz CT molecular complexity index is 793. The van der Waals surface area contributed by atoms with Crippen molar-refractivity contribution in [3.63, 3.8) is 0 Å². The fourth-order valence-corrected chi connectivity index (χ4v) is 2.61. The Labute approximate surface area is 148 Å². The molecule has 0 atom stereocenters. The molecular formula is C21H23NO3. The van der Waals surface area contributed by atoms with Gasteiger partial charge < -0.3 is 19.6 Å². The van der Waals surface area contributed by atoms with Crippen LogP contribution in [0.25, 0.3) is 11.3 Å². The summed E-state index contributed by atoms with van der Waals surface area (Å²) in [5.74, 6) is 2.57. The van der Waals surface area contributed by atoms with Gasteiger partial charge in [-0.3, -0.25) is 0 Å². The third kappa shape index (κ3) is 4.72. The summed E-state index contributed by atoms with van der Waals surface area (Å²) in [5, 5.41) is 12.3. The zero-order valence-corrected chi connectivity index (χ0v) is 14.4. The molecule has 0 aliphatic rings. The molecule has 0 unspecified atom stereocenters. The average Bonchev–Trinajstić information content (AvgIpc) is 3.10. The van der Waals surface area contributed by atoms with Crippen LogP contribution in [0.5, 0.6) is 5.75 Å². The van der Waals surface area contributed by atoms with Crippen LogP contribution in [0.3, 0.4) is 0 Å². The first-order chi connectivity index (χ1) is 12.3. The molecule has 3 rings (SSSR count). The van der Waals surface area contributed by atoms with Gasteiger partial charge in [-0.25, -0.2) is 0 Å². The molecule has 0 aliphatic heterocycles. The molecule has 2 N–H and O–H groups in total. The molecule has 2 aromatic carbocycles. The SMILES string of the molecule is Cc1ccc(-c2ccc(CNCc3ccccc3OCCO)o2)cc1. The lowest BCUT2D eigenvalue weighted by Gasteiger charge is -2.10. The molecule has 4 heteroatoms. The van der Waals surface area contributed by atoms with Crippen molar-refractivity contribution in [2.75, 3.05) is 13.2 Å². The second-order valence-electron chi connectivity index (χ2n) is 5.92. The molecule has 0 saturated heterocycles. The van der Waals surface area contributed by atoms with E-state index in [2.05, 4.69) is 36.5 Å². The van der Waals surface area contributed by atoms with E-state index in [1.807, 2.05) is 36.4 Å². The largest absolute Gasteiger partial charge is 0.491 e. The number of aliphatic hydroxyl groups is 1. The van der Waals surface area contributed by atoms with Crippen molar-refractivity contribution >= 4 is 0 Å². The molecule has 0 fully saturated rings. The Morgan fingerprint density at radius 3 is 2.56 bits per heavy atom. The molecule has 0 bridgehead atoms. The van der Waals surface area contributed by atoms with Crippen molar-refractivity contribution in [1.29, 1.82) is 0 Å². The number of aryl methyl sites for hydroxylation is 1. The molecule has 4 nitrogen and oxygen atoms in total. The highest BCUT2D eigenvalue weighted by Crippen LogP contribution is 2.23. The van der Waals surface area contributed by atoms with Crippen LogP contribution in [0, 0.1) is 6.92 Å². The van der Waals surface area contributed by atoms with Crippen molar-refractivity contribution in [3.8, 4) is 17.1 Å². The number of aliphatic hydroxyl groups excluding tert-OH is 1. The lowest BCUT2D eigenvalue weighted by Crippen LogP contribution is -2.13. The van der Waals surface area contributed by atoms with E-state index in [-0.39, 0.29) is 6.61 Å². The number of rotatable bonds is 8. The van der Waals surface area contributed by atoms with Crippen LogP contribution in [0.4, 0.5) is 0 Å². The van der Waals surface area contributed by atoms with Gasteiger partial charge in [-0.1, -0.05) is 48.0 Å². The molecule has 0 aliphatic carbocycles. The molecule has 0 saturated carbocycles. The highest BCUT2D eigenvalue weighted by Gasteiger charge is 2.06. The molecule has 1 aromatic heterocycles. The van der Waals surface area contributed by atoms with E-state index in [1.165, 1.54) is 5.56 Å². The van der Waals surface area contributed by atoms with Gasteiger partial charge in [0.2, 0.25) is 0 Å². The minimum absolute atomic E-state index is 0.00987. The maximum absolute atomic E-state index is 8.90. The second-order valence-corrected chi connectivity index (χ2v) is 5.92. The number of hydrogen-bond acceptors (Lipinski definition) is 4. The van der Waals surface area contributed by atoms with E-state index in [0.717, 1.165) is 28.4 Å². The second kappa shape index (κ2) is 8.51. The van der Waals surface area contributed by atoms with E-state index in [1.54, 1.807) is 0 Å². The average molecular weight is 337 g/mol. The van der Waals surface area contributed by atoms with Crippen LogP contribution in [0.15, 0.2) is 65.1 Å². The van der Waals surface area contributed by atoms with Crippen LogP contribution < -0.4 is 10.1 Å². The highest BCUT2D eigenvalue weighted by atomic mass is 16.5. The van der Waals surface area contributed by atoms with Crippen LogP contribution in [-0.4, -0.2) is 18.3 Å². The van der Waals surface area contributed by atoms with Gasteiger partial charge in [-0.05, 0) is 25.1 Å². The summed E-state index contributed by atoms with van der Waals surface area (Å²) in [6, 6.07) is 20.1. The van der Waals surface area contributed by atoms with E-state index >= 15 is 0 Å². The van der Waals surface area contributed by atoms with E-state index in [9.17, 15) is 0 Å². The van der Waals surface area contributed by atoms with Gasteiger partial charge in [0.1, 0.15) is 23.9 Å². The monoisotopic (exact) mass is 337 g/mol. The van der Waals surface area contributed by atoms with E-state index in [4.69, 9.17) is 14.3 Å². The summed E-state index contributed by atoms with van der Waals surface area (Å²) in [7, 11) is 0. The minimum Gasteiger partial charge on any atom is -0.491 e. The summed E-state index contributed by atoms with van der Waals surface area (Å²) in [5.41, 5.74) is 3.38. The summed E-state index contributed by atoms with van der Waals surface area (Å²) >= 11 is 0.